The number of piperidine rings is 1. The Balaban J connectivity index is 1.47. The molecule has 2 aromatic rings. The molecule has 1 aliphatic rings. The summed E-state index contributed by atoms with van der Waals surface area (Å²) < 4.78 is 32.7. The normalized spacial score (nSPS) is 17.2. The number of nitrogens with one attached hydrogen (secondary N) is 1. The SMILES string of the molecule is O=S(=O)(NCC1CCN(Cc2ccco2)CC1)c1ccc(Cl)cc1. The van der Waals surface area contributed by atoms with Crippen molar-refractivity contribution in [3.63, 3.8) is 0 Å². The zero-order valence-corrected chi connectivity index (χ0v) is 14.9. The van der Waals surface area contributed by atoms with Gasteiger partial charge in [-0.05, 0) is 68.2 Å². The van der Waals surface area contributed by atoms with E-state index in [9.17, 15) is 8.42 Å². The van der Waals surface area contributed by atoms with Gasteiger partial charge >= 0.3 is 0 Å². The molecule has 7 heteroatoms. The molecule has 1 N–H and O–H groups in total. The van der Waals surface area contributed by atoms with E-state index in [-0.39, 0.29) is 4.90 Å². The van der Waals surface area contributed by atoms with Gasteiger partial charge in [0.25, 0.3) is 0 Å². The molecule has 24 heavy (non-hydrogen) atoms. The number of halogens is 1. The maximum Gasteiger partial charge on any atom is 0.240 e. The molecule has 1 aromatic heterocycles. The van der Waals surface area contributed by atoms with Crippen LogP contribution < -0.4 is 4.72 Å². The van der Waals surface area contributed by atoms with Crippen LogP contribution in [0.4, 0.5) is 0 Å². The van der Waals surface area contributed by atoms with E-state index < -0.39 is 10.0 Å². The molecule has 1 aromatic carbocycles. The lowest BCUT2D eigenvalue weighted by molar-refractivity contribution is 0.168. The van der Waals surface area contributed by atoms with Crippen LogP contribution >= 0.6 is 11.6 Å². The lowest BCUT2D eigenvalue weighted by Gasteiger charge is -2.31. The van der Waals surface area contributed by atoms with E-state index in [1.54, 1.807) is 18.4 Å². The Hall–Kier alpha value is -1.34. The topological polar surface area (TPSA) is 62.6 Å². The second-order valence-corrected chi connectivity index (χ2v) is 8.31. The molecule has 3 rings (SSSR count). The predicted molar refractivity (Wildman–Crippen MR) is 93.3 cm³/mol. The highest BCUT2D eigenvalue weighted by molar-refractivity contribution is 7.89. The number of furan rings is 1. The highest BCUT2D eigenvalue weighted by atomic mass is 35.5. The first kappa shape index (κ1) is 17.5. The standard InChI is InChI=1S/C17H21ClN2O3S/c18-15-3-5-17(6-4-15)24(21,22)19-12-14-7-9-20(10-8-14)13-16-2-1-11-23-16/h1-6,11,14,19H,7-10,12-13H2. The van der Waals surface area contributed by atoms with Gasteiger partial charge in [0.1, 0.15) is 5.76 Å². The van der Waals surface area contributed by atoms with E-state index >= 15 is 0 Å². The van der Waals surface area contributed by atoms with Crippen molar-refractivity contribution < 1.29 is 12.8 Å². The zero-order chi connectivity index (χ0) is 17.0. The van der Waals surface area contributed by atoms with Gasteiger partial charge < -0.3 is 4.42 Å². The lowest BCUT2D eigenvalue weighted by Crippen LogP contribution is -2.38. The van der Waals surface area contributed by atoms with Crippen LogP contribution in [0.1, 0.15) is 18.6 Å². The van der Waals surface area contributed by atoms with Crippen molar-refractivity contribution in [1.82, 2.24) is 9.62 Å². The number of likely N-dealkylation sites (tertiary alicyclic amines) is 1. The predicted octanol–water partition coefficient (Wildman–Crippen LogP) is 3.12. The van der Waals surface area contributed by atoms with E-state index in [0.29, 0.717) is 17.5 Å². The summed E-state index contributed by atoms with van der Waals surface area (Å²) in [6.07, 6.45) is 3.64. The number of hydrogen-bond acceptors (Lipinski definition) is 4. The summed E-state index contributed by atoms with van der Waals surface area (Å²) in [5.74, 6) is 1.33. The second-order valence-electron chi connectivity index (χ2n) is 6.10. The monoisotopic (exact) mass is 368 g/mol. The van der Waals surface area contributed by atoms with Crippen LogP contribution in [0.25, 0.3) is 0 Å². The number of rotatable bonds is 6. The average molecular weight is 369 g/mol. The van der Waals surface area contributed by atoms with Crippen LogP contribution in [-0.4, -0.2) is 33.0 Å². The minimum Gasteiger partial charge on any atom is -0.468 e. The Bertz CT molecular complexity index is 737. The van der Waals surface area contributed by atoms with E-state index in [0.717, 1.165) is 38.2 Å². The summed E-state index contributed by atoms with van der Waals surface area (Å²) in [4.78, 5) is 2.59. The van der Waals surface area contributed by atoms with Gasteiger partial charge in [0.2, 0.25) is 10.0 Å². The van der Waals surface area contributed by atoms with Crippen molar-refractivity contribution in [3.8, 4) is 0 Å². The minimum atomic E-state index is -3.47. The van der Waals surface area contributed by atoms with Crippen LogP contribution in [0.15, 0.2) is 52.0 Å². The average Bonchev–Trinajstić information content (AvgIpc) is 3.08. The minimum absolute atomic E-state index is 0.252. The van der Waals surface area contributed by atoms with Gasteiger partial charge in [0.15, 0.2) is 0 Å². The molecule has 0 spiro atoms. The molecular formula is C17H21ClN2O3S. The molecule has 130 valence electrons. The van der Waals surface area contributed by atoms with Crippen molar-refractivity contribution in [2.24, 2.45) is 5.92 Å². The third kappa shape index (κ3) is 4.60. The molecule has 2 heterocycles. The van der Waals surface area contributed by atoms with Gasteiger partial charge in [-0.3, -0.25) is 4.90 Å². The summed E-state index contributed by atoms with van der Waals surface area (Å²) >= 11 is 5.80. The molecule has 1 aliphatic heterocycles. The van der Waals surface area contributed by atoms with E-state index in [1.165, 1.54) is 12.1 Å². The first-order valence-corrected chi connectivity index (χ1v) is 9.89. The maximum atomic E-state index is 12.3. The van der Waals surface area contributed by atoms with Crippen LogP contribution in [0.5, 0.6) is 0 Å². The van der Waals surface area contributed by atoms with Crippen molar-refractivity contribution in [1.29, 1.82) is 0 Å². The zero-order valence-electron chi connectivity index (χ0n) is 13.3. The summed E-state index contributed by atoms with van der Waals surface area (Å²) in [6.45, 7) is 3.19. The largest absolute Gasteiger partial charge is 0.468 e. The fraction of sp³-hybridized carbons (Fsp3) is 0.412. The van der Waals surface area contributed by atoms with Gasteiger partial charge in [0, 0.05) is 11.6 Å². The van der Waals surface area contributed by atoms with Gasteiger partial charge in [-0.25, -0.2) is 13.1 Å². The highest BCUT2D eigenvalue weighted by Crippen LogP contribution is 2.20. The van der Waals surface area contributed by atoms with Gasteiger partial charge in [-0.2, -0.15) is 0 Å². The van der Waals surface area contributed by atoms with Crippen molar-refractivity contribution in [2.75, 3.05) is 19.6 Å². The van der Waals surface area contributed by atoms with Crippen LogP contribution in [0, 0.1) is 5.92 Å². The summed E-state index contributed by atoms with van der Waals surface area (Å²) in [7, 11) is -3.47. The highest BCUT2D eigenvalue weighted by Gasteiger charge is 2.22. The van der Waals surface area contributed by atoms with Gasteiger partial charge in [-0.15, -0.1) is 0 Å². The number of sulfonamides is 1. The number of nitrogens with zero attached hydrogens (tertiary/aromatic N) is 1. The van der Waals surface area contributed by atoms with E-state index in [2.05, 4.69) is 9.62 Å². The molecule has 0 aliphatic carbocycles. The maximum absolute atomic E-state index is 12.3. The third-order valence-corrected chi connectivity index (χ3v) is 6.04. The third-order valence-electron chi connectivity index (χ3n) is 4.35. The van der Waals surface area contributed by atoms with Crippen molar-refractivity contribution >= 4 is 21.6 Å². The second kappa shape index (κ2) is 7.70. The quantitative estimate of drug-likeness (QED) is 0.850. The lowest BCUT2D eigenvalue weighted by atomic mass is 9.97. The Morgan fingerprint density at radius 2 is 1.88 bits per heavy atom. The molecule has 0 bridgehead atoms. The fourth-order valence-corrected chi connectivity index (χ4v) is 4.14. The molecule has 0 unspecified atom stereocenters. The molecule has 0 atom stereocenters. The number of benzene rings is 1. The first-order chi connectivity index (χ1) is 11.5. The Morgan fingerprint density at radius 3 is 2.50 bits per heavy atom. The molecule has 5 nitrogen and oxygen atoms in total. The molecule has 0 amide bonds. The first-order valence-electron chi connectivity index (χ1n) is 8.03. The van der Waals surface area contributed by atoms with E-state index in [4.69, 9.17) is 16.0 Å². The van der Waals surface area contributed by atoms with Crippen LogP contribution in [-0.2, 0) is 16.6 Å². The smallest absolute Gasteiger partial charge is 0.240 e. The molecule has 0 radical (unpaired) electrons. The summed E-state index contributed by atoms with van der Waals surface area (Å²) in [5, 5.41) is 0.526. The molecule has 1 fully saturated rings. The van der Waals surface area contributed by atoms with Crippen LogP contribution in [0.2, 0.25) is 5.02 Å². The Labute approximate surface area is 147 Å². The summed E-state index contributed by atoms with van der Waals surface area (Å²) in [5.41, 5.74) is 0. The molecule has 1 saturated heterocycles. The Kier molecular flexibility index (Phi) is 5.61. The number of hydrogen-bond donors (Lipinski definition) is 1. The van der Waals surface area contributed by atoms with Gasteiger partial charge in [-0.1, -0.05) is 11.6 Å². The van der Waals surface area contributed by atoms with Gasteiger partial charge in [0.05, 0.1) is 17.7 Å². The Morgan fingerprint density at radius 1 is 1.17 bits per heavy atom. The molecular weight excluding hydrogens is 348 g/mol. The summed E-state index contributed by atoms with van der Waals surface area (Å²) in [6, 6.07) is 10.1. The van der Waals surface area contributed by atoms with Crippen molar-refractivity contribution in [3.05, 3.63) is 53.4 Å². The van der Waals surface area contributed by atoms with E-state index in [1.807, 2.05) is 12.1 Å². The fourth-order valence-electron chi connectivity index (χ4n) is 2.90. The van der Waals surface area contributed by atoms with Crippen LogP contribution in [0.3, 0.4) is 0 Å². The molecule has 0 saturated carbocycles. The van der Waals surface area contributed by atoms with Crippen molar-refractivity contribution in [2.45, 2.75) is 24.3 Å².